The number of nitrogens with two attached hydrogens (primary N) is 1. The molecule has 0 saturated heterocycles. The van der Waals surface area contributed by atoms with Gasteiger partial charge in [0.2, 0.25) is 0 Å². The van der Waals surface area contributed by atoms with Crippen molar-refractivity contribution in [2.45, 2.75) is 12.5 Å². The Balaban J connectivity index is 0.00000156. The van der Waals surface area contributed by atoms with Crippen molar-refractivity contribution in [2.75, 3.05) is 0 Å². The maximum absolute atomic E-state index is 6.40. The number of benzene rings is 3. The van der Waals surface area contributed by atoms with E-state index in [4.69, 9.17) is 10.2 Å². The fourth-order valence-corrected chi connectivity index (χ4v) is 2.96. The van der Waals surface area contributed by atoms with Crippen LogP contribution in [0.2, 0.25) is 0 Å². The number of fused-ring (bicyclic) bond motifs is 3. The van der Waals surface area contributed by atoms with Crippen LogP contribution in [-0.4, -0.2) is 0 Å². The molecule has 1 atom stereocenters. The topological polar surface area (TPSA) is 39.2 Å². The van der Waals surface area contributed by atoms with E-state index in [1.54, 1.807) is 0 Å². The van der Waals surface area contributed by atoms with Crippen LogP contribution in [0.3, 0.4) is 0 Å². The lowest BCUT2D eigenvalue weighted by atomic mass is 9.98. The summed E-state index contributed by atoms with van der Waals surface area (Å²) < 4.78 is 5.86. The molecule has 116 valence electrons. The molecule has 23 heavy (non-hydrogen) atoms. The zero-order chi connectivity index (χ0) is 14.9. The van der Waals surface area contributed by atoms with Crippen molar-refractivity contribution in [1.29, 1.82) is 0 Å². The molecule has 0 aliphatic rings. The van der Waals surface area contributed by atoms with E-state index in [0.29, 0.717) is 0 Å². The molecule has 0 spiro atoms. The third-order valence-electron chi connectivity index (χ3n) is 4.13. The minimum atomic E-state index is -0.0135. The van der Waals surface area contributed by atoms with Gasteiger partial charge in [-0.3, -0.25) is 0 Å². The Morgan fingerprint density at radius 3 is 2.30 bits per heavy atom. The fourth-order valence-electron chi connectivity index (χ4n) is 2.96. The second-order valence-corrected chi connectivity index (χ2v) is 5.65. The number of rotatable bonds is 3. The van der Waals surface area contributed by atoms with E-state index in [9.17, 15) is 0 Å². The number of furan rings is 1. The lowest BCUT2D eigenvalue weighted by Crippen LogP contribution is -2.13. The minimum absolute atomic E-state index is 0. The van der Waals surface area contributed by atoms with Gasteiger partial charge < -0.3 is 10.2 Å². The summed E-state index contributed by atoms with van der Waals surface area (Å²) in [5.41, 5.74) is 10.6. The summed E-state index contributed by atoms with van der Waals surface area (Å²) in [6.07, 6.45) is 0.835. The van der Waals surface area contributed by atoms with E-state index in [-0.39, 0.29) is 18.4 Å². The van der Waals surface area contributed by atoms with Crippen LogP contribution in [0.1, 0.15) is 17.2 Å². The van der Waals surface area contributed by atoms with Gasteiger partial charge in [0.25, 0.3) is 0 Å². The van der Waals surface area contributed by atoms with E-state index in [1.807, 2.05) is 30.3 Å². The Bertz CT molecular complexity index is 930. The highest BCUT2D eigenvalue weighted by Crippen LogP contribution is 2.30. The highest BCUT2D eigenvalue weighted by atomic mass is 35.5. The number of hydrogen-bond acceptors (Lipinski definition) is 2. The Morgan fingerprint density at radius 1 is 0.783 bits per heavy atom. The van der Waals surface area contributed by atoms with Gasteiger partial charge in [-0.15, -0.1) is 12.4 Å². The Morgan fingerprint density at radius 2 is 1.48 bits per heavy atom. The van der Waals surface area contributed by atoms with Crippen molar-refractivity contribution in [3.63, 3.8) is 0 Å². The van der Waals surface area contributed by atoms with Crippen LogP contribution in [0.25, 0.3) is 21.9 Å². The third kappa shape index (κ3) is 2.96. The van der Waals surface area contributed by atoms with Crippen molar-refractivity contribution in [3.8, 4) is 0 Å². The third-order valence-corrected chi connectivity index (χ3v) is 4.13. The molecule has 1 unspecified atom stereocenters. The van der Waals surface area contributed by atoms with Crippen LogP contribution in [-0.2, 0) is 6.42 Å². The molecule has 3 aromatic carbocycles. The largest absolute Gasteiger partial charge is 0.456 e. The lowest BCUT2D eigenvalue weighted by molar-refractivity contribution is 0.667. The Kier molecular flexibility index (Phi) is 4.37. The van der Waals surface area contributed by atoms with Gasteiger partial charge in [-0.2, -0.15) is 0 Å². The van der Waals surface area contributed by atoms with Gasteiger partial charge in [-0.1, -0.05) is 54.6 Å². The summed E-state index contributed by atoms with van der Waals surface area (Å²) in [5.74, 6) is 0. The first-order valence-corrected chi connectivity index (χ1v) is 7.52. The summed E-state index contributed by atoms with van der Waals surface area (Å²) in [6.45, 7) is 0. The maximum atomic E-state index is 6.40. The smallest absolute Gasteiger partial charge is 0.135 e. The zero-order valence-electron chi connectivity index (χ0n) is 12.6. The molecular weight excluding hydrogens is 306 g/mol. The Labute approximate surface area is 141 Å². The number of hydrogen-bond donors (Lipinski definition) is 1. The molecule has 0 saturated carbocycles. The van der Waals surface area contributed by atoms with Crippen LogP contribution >= 0.6 is 12.4 Å². The Hall–Kier alpha value is -2.29. The van der Waals surface area contributed by atoms with Gasteiger partial charge in [0.1, 0.15) is 11.2 Å². The molecule has 0 radical (unpaired) electrons. The van der Waals surface area contributed by atoms with Crippen LogP contribution in [0.4, 0.5) is 0 Å². The first-order chi connectivity index (χ1) is 10.8. The van der Waals surface area contributed by atoms with Crippen LogP contribution in [0, 0.1) is 0 Å². The monoisotopic (exact) mass is 323 g/mol. The maximum Gasteiger partial charge on any atom is 0.135 e. The SMILES string of the molecule is Cl.NC(Cc1ccccc1)c1ccc2oc3ccccc3c2c1. The van der Waals surface area contributed by atoms with Crippen LogP contribution in [0.5, 0.6) is 0 Å². The lowest BCUT2D eigenvalue weighted by Gasteiger charge is -2.12. The molecule has 3 heteroatoms. The molecule has 4 aromatic rings. The van der Waals surface area contributed by atoms with Crippen molar-refractivity contribution < 1.29 is 4.42 Å². The van der Waals surface area contributed by atoms with Gasteiger partial charge >= 0.3 is 0 Å². The standard InChI is InChI=1S/C20H17NO.ClH/c21-18(12-14-6-2-1-3-7-14)15-10-11-20-17(13-15)16-8-4-5-9-19(16)22-20;/h1-11,13,18H,12,21H2;1H. The molecule has 2 nitrogen and oxygen atoms in total. The normalized spacial score (nSPS) is 12.2. The van der Waals surface area contributed by atoms with E-state index < -0.39 is 0 Å². The van der Waals surface area contributed by atoms with Gasteiger partial charge in [-0.25, -0.2) is 0 Å². The van der Waals surface area contributed by atoms with E-state index in [2.05, 4.69) is 42.5 Å². The molecule has 2 N–H and O–H groups in total. The molecule has 0 aliphatic heterocycles. The molecular formula is C20H18ClNO. The minimum Gasteiger partial charge on any atom is -0.456 e. The van der Waals surface area contributed by atoms with Crippen LogP contribution in [0.15, 0.2) is 77.2 Å². The summed E-state index contributed by atoms with van der Waals surface area (Å²) in [5, 5.41) is 2.28. The molecule has 0 fully saturated rings. The predicted octanol–water partition coefficient (Wildman–Crippen LogP) is 5.25. The number of para-hydroxylation sites is 1. The molecule has 0 bridgehead atoms. The highest BCUT2D eigenvalue weighted by molar-refractivity contribution is 6.05. The quantitative estimate of drug-likeness (QED) is 0.559. The first-order valence-electron chi connectivity index (χ1n) is 7.52. The van der Waals surface area contributed by atoms with Gasteiger partial charge in [-0.05, 0) is 35.7 Å². The predicted molar refractivity (Wildman–Crippen MR) is 98.0 cm³/mol. The van der Waals surface area contributed by atoms with E-state index in [0.717, 1.165) is 33.9 Å². The molecule has 0 aliphatic carbocycles. The van der Waals surface area contributed by atoms with E-state index >= 15 is 0 Å². The van der Waals surface area contributed by atoms with Crippen molar-refractivity contribution >= 4 is 34.3 Å². The average Bonchev–Trinajstić information content (AvgIpc) is 2.93. The van der Waals surface area contributed by atoms with Crippen molar-refractivity contribution in [3.05, 3.63) is 83.9 Å². The number of halogens is 1. The van der Waals surface area contributed by atoms with E-state index in [1.165, 1.54) is 5.56 Å². The van der Waals surface area contributed by atoms with Crippen molar-refractivity contribution in [1.82, 2.24) is 0 Å². The second-order valence-electron chi connectivity index (χ2n) is 5.65. The second kappa shape index (κ2) is 6.45. The summed E-state index contributed by atoms with van der Waals surface area (Å²) in [7, 11) is 0. The van der Waals surface area contributed by atoms with Crippen molar-refractivity contribution in [2.24, 2.45) is 5.73 Å². The van der Waals surface area contributed by atoms with Gasteiger partial charge in [0.15, 0.2) is 0 Å². The molecule has 1 aromatic heterocycles. The molecule has 1 heterocycles. The highest BCUT2D eigenvalue weighted by Gasteiger charge is 2.11. The zero-order valence-corrected chi connectivity index (χ0v) is 13.4. The average molecular weight is 324 g/mol. The summed E-state index contributed by atoms with van der Waals surface area (Å²) in [6, 6.07) is 24.7. The molecule has 4 rings (SSSR count). The van der Waals surface area contributed by atoms with Gasteiger partial charge in [0, 0.05) is 16.8 Å². The first kappa shape index (κ1) is 15.6. The molecule has 0 amide bonds. The van der Waals surface area contributed by atoms with Gasteiger partial charge in [0.05, 0.1) is 0 Å². The van der Waals surface area contributed by atoms with Crippen LogP contribution < -0.4 is 5.73 Å². The fraction of sp³-hybridized carbons (Fsp3) is 0.100. The summed E-state index contributed by atoms with van der Waals surface area (Å²) in [4.78, 5) is 0. The summed E-state index contributed by atoms with van der Waals surface area (Å²) >= 11 is 0.